The number of rotatable bonds is 8. The molecule has 2 amide bonds. The minimum Gasteiger partial charge on any atom is -0.480 e. The highest BCUT2D eigenvalue weighted by atomic mass is 16.5. The molecule has 186 valence electrons. The van der Waals surface area contributed by atoms with Crippen LogP contribution in [0.5, 0.6) is 0 Å². The molecule has 1 fully saturated rings. The van der Waals surface area contributed by atoms with E-state index in [1.54, 1.807) is 0 Å². The summed E-state index contributed by atoms with van der Waals surface area (Å²) in [6.45, 7) is 3.63. The number of carbonyl (C=O) groups is 3. The van der Waals surface area contributed by atoms with Gasteiger partial charge in [0, 0.05) is 12.0 Å². The zero-order valence-corrected chi connectivity index (χ0v) is 20.4. The molecule has 0 bridgehead atoms. The van der Waals surface area contributed by atoms with Crippen molar-refractivity contribution in [2.24, 2.45) is 5.92 Å². The Morgan fingerprint density at radius 2 is 1.60 bits per heavy atom. The lowest BCUT2D eigenvalue weighted by molar-refractivity contribution is -0.148. The number of amides is 2. The van der Waals surface area contributed by atoms with E-state index in [-0.39, 0.29) is 24.5 Å². The van der Waals surface area contributed by atoms with E-state index in [4.69, 9.17) is 4.74 Å². The molecule has 1 saturated carbocycles. The van der Waals surface area contributed by atoms with E-state index in [0.29, 0.717) is 25.7 Å². The van der Waals surface area contributed by atoms with Gasteiger partial charge in [0.1, 0.15) is 12.1 Å². The molecular formula is C28H34N2O5. The summed E-state index contributed by atoms with van der Waals surface area (Å²) in [4.78, 5) is 37.6. The Labute approximate surface area is 206 Å². The molecule has 0 aliphatic heterocycles. The first kappa shape index (κ1) is 24.8. The van der Waals surface area contributed by atoms with Crippen molar-refractivity contribution >= 4 is 18.0 Å². The molecule has 4 rings (SSSR count). The molecule has 35 heavy (non-hydrogen) atoms. The van der Waals surface area contributed by atoms with Gasteiger partial charge >= 0.3 is 12.1 Å². The van der Waals surface area contributed by atoms with Crippen molar-refractivity contribution in [3.63, 3.8) is 0 Å². The topological polar surface area (TPSA) is 105 Å². The summed E-state index contributed by atoms with van der Waals surface area (Å²) >= 11 is 0. The van der Waals surface area contributed by atoms with Crippen molar-refractivity contribution in [3.05, 3.63) is 59.7 Å². The van der Waals surface area contributed by atoms with E-state index in [1.165, 1.54) is 6.92 Å². The lowest BCUT2D eigenvalue weighted by Gasteiger charge is -2.34. The lowest BCUT2D eigenvalue weighted by Crippen LogP contribution is -2.57. The highest BCUT2D eigenvalue weighted by Gasteiger charge is 2.39. The SMILES string of the molecule is CCCC(C)(NC(=O)[C@@H]1CCCC[C@@H]1NC(=O)OCC1c2ccccc2-c2ccccc21)C(=O)O. The van der Waals surface area contributed by atoms with Gasteiger partial charge in [0.15, 0.2) is 0 Å². The molecule has 2 aromatic rings. The summed E-state index contributed by atoms with van der Waals surface area (Å²) < 4.78 is 5.67. The molecular weight excluding hydrogens is 444 g/mol. The van der Waals surface area contributed by atoms with Gasteiger partial charge in [0.2, 0.25) is 5.91 Å². The Balaban J connectivity index is 1.40. The number of carboxylic acids is 1. The van der Waals surface area contributed by atoms with E-state index in [2.05, 4.69) is 34.9 Å². The average molecular weight is 479 g/mol. The van der Waals surface area contributed by atoms with E-state index in [1.807, 2.05) is 31.2 Å². The first-order valence-corrected chi connectivity index (χ1v) is 12.5. The zero-order chi connectivity index (χ0) is 25.0. The van der Waals surface area contributed by atoms with E-state index in [9.17, 15) is 19.5 Å². The maximum atomic E-state index is 13.1. The number of hydrogen-bond acceptors (Lipinski definition) is 4. The Bertz CT molecular complexity index is 1050. The van der Waals surface area contributed by atoms with Crippen LogP contribution in [0.15, 0.2) is 48.5 Å². The number of nitrogens with one attached hydrogen (secondary N) is 2. The molecule has 2 aliphatic rings. The lowest BCUT2D eigenvalue weighted by atomic mass is 9.83. The van der Waals surface area contributed by atoms with Crippen LogP contribution in [-0.2, 0) is 14.3 Å². The molecule has 2 aromatic carbocycles. The third kappa shape index (κ3) is 5.19. The van der Waals surface area contributed by atoms with Gasteiger partial charge in [-0.15, -0.1) is 0 Å². The van der Waals surface area contributed by atoms with Crippen molar-refractivity contribution in [2.75, 3.05) is 6.61 Å². The molecule has 0 aromatic heterocycles. The van der Waals surface area contributed by atoms with Gasteiger partial charge in [-0.3, -0.25) is 4.79 Å². The van der Waals surface area contributed by atoms with Crippen LogP contribution in [0.25, 0.3) is 11.1 Å². The van der Waals surface area contributed by atoms with E-state index >= 15 is 0 Å². The molecule has 3 N–H and O–H groups in total. The van der Waals surface area contributed by atoms with Gasteiger partial charge in [-0.05, 0) is 48.4 Å². The second-order valence-corrected chi connectivity index (χ2v) is 9.84. The molecule has 0 saturated heterocycles. The molecule has 7 heteroatoms. The average Bonchev–Trinajstić information content (AvgIpc) is 3.17. The van der Waals surface area contributed by atoms with Gasteiger partial charge < -0.3 is 20.5 Å². The predicted molar refractivity (Wildman–Crippen MR) is 133 cm³/mol. The number of hydrogen-bond donors (Lipinski definition) is 3. The number of carbonyl (C=O) groups excluding carboxylic acids is 2. The van der Waals surface area contributed by atoms with Crippen molar-refractivity contribution in [2.45, 2.75) is 69.9 Å². The second kappa shape index (κ2) is 10.5. The minimum atomic E-state index is -1.32. The fourth-order valence-corrected chi connectivity index (χ4v) is 5.50. The summed E-state index contributed by atoms with van der Waals surface area (Å²) in [5, 5.41) is 15.3. The third-order valence-corrected chi connectivity index (χ3v) is 7.37. The number of carboxylic acid groups (broad SMARTS) is 1. The van der Waals surface area contributed by atoms with E-state index < -0.39 is 23.5 Å². The van der Waals surface area contributed by atoms with Crippen LogP contribution >= 0.6 is 0 Å². The number of benzene rings is 2. The van der Waals surface area contributed by atoms with Crippen LogP contribution in [0.1, 0.15) is 69.4 Å². The summed E-state index contributed by atoms with van der Waals surface area (Å²) in [7, 11) is 0. The Morgan fingerprint density at radius 1 is 1.00 bits per heavy atom. The molecule has 7 nitrogen and oxygen atoms in total. The van der Waals surface area contributed by atoms with Crippen LogP contribution in [0.2, 0.25) is 0 Å². The maximum absolute atomic E-state index is 13.1. The van der Waals surface area contributed by atoms with Crippen LogP contribution in [0, 0.1) is 5.92 Å². The fourth-order valence-electron chi connectivity index (χ4n) is 5.50. The number of aliphatic carboxylic acids is 1. The Morgan fingerprint density at radius 3 is 2.20 bits per heavy atom. The molecule has 0 spiro atoms. The normalized spacial score (nSPS) is 20.7. The zero-order valence-electron chi connectivity index (χ0n) is 20.4. The van der Waals surface area contributed by atoms with Crippen molar-refractivity contribution in [3.8, 4) is 11.1 Å². The Kier molecular flexibility index (Phi) is 7.43. The summed E-state index contributed by atoms with van der Waals surface area (Å²) in [6, 6.07) is 15.9. The van der Waals surface area contributed by atoms with Gasteiger partial charge in [0.05, 0.1) is 5.92 Å². The van der Waals surface area contributed by atoms with Crippen LogP contribution in [0.4, 0.5) is 4.79 Å². The van der Waals surface area contributed by atoms with Crippen LogP contribution < -0.4 is 10.6 Å². The quantitative estimate of drug-likeness (QED) is 0.503. The first-order chi connectivity index (χ1) is 16.8. The largest absolute Gasteiger partial charge is 0.480 e. The monoisotopic (exact) mass is 478 g/mol. The molecule has 2 aliphatic carbocycles. The van der Waals surface area contributed by atoms with Crippen molar-refractivity contribution in [1.82, 2.24) is 10.6 Å². The van der Waals surface area contributed by atoms with Gasteiger partial charge in [-0.25, -0.2) is 9.59 Å². The van der Waals surface area contributed by atoms with Gasteiger partial charge in [-0.2, -0.15) is 0 Å². The number of alkyl carbamates (subject to hydrolysis) is 1. The smallest absolute Gasteiger partial charge is 0.407 e. The van der Waals surface area contributed by atoms with Crippen LogP contribution in [0.3, 0.4) is 0 Å². The second-order valence-electron chi connectivity index (χ2n) is 9.84. The summed E-state index contributed by atoms with van der Waals surface area (Å²) in [5.41, 5.74) is 3.28. The van der Waals surface area contributed by atoms with E-state index in [0.717, 1.165) is 35.1 Å². The number of ether oxygens (including phenoxy) is 1. The fraction of sp³-hybridized carbons (Fsp3) is 0.464. The van der Waals surface area contributed by atoms with Crippen LogP contribution in [-0.4, -0.2) is 41.3 Å². The Hall–Kier alpha value is -3.35. The highest BCUT2D eigenvalue weighted by molar-refractivity contribution is 5.88. The third-order valence-electron chi connectivity index (χ3n) is 7.37. The number of fused-ring (bicyclic) bond motifs is 3. The molecule has 0 heterocycles. The molecule has 1 unspecified atom stereocenters. The highest BCUT2D eigenvalue weighted by Crippen LogP contribution is 2.44. The maximum Gasteiger partial charge on any atom is 0.407 e. The first-order valence-electron chi connectivity index (χ1n) is 12.5. The van der Waals surface area contributed by atoms with Crippen molar-refractivity contribution < 1.29 is 24.2 Å². The van der Waals surface area contributed by atoms with Gasteiger partial charge in [0.25, 0.3) is 0 Å². The minimum absolute atomic E-state index is 0.0380. The summed E-state index contributed by atoms with van der Waals surface area (Å²) in [6.07, 6.45) is 3.43. The standard InChI is InChI=1S/C28H34N2O5/c1-3-16-28(2,26(32)33)30-25(31)22-14-8-9-15-24(22)29-27(34)35-17-23-20-12-6-4-10-18(20)19-11-5-7-13-21(19)23/h4-7,10-13,22-24H,3,8-9,14-17H2,1-2H3,(H,29,34)(H,30,31)(H,32,33)/t22-,24+,28?/m1/s1. The predicted octanol–water partition coefficient (Wildman–Crippen LogP) is 4.84. The molecule has 3 atom stereocenters. The van der Waals surface area contributed by atoms with Gasteiger partial charge in [-0.1, -0.05) is 74.7 Å². The molecule has 0 radical (unpaired) electrons. The summed E-state index contributed by atoms with van der Waals surface area (Å²) in [5.74, 6) is -1.90. The van der Waals surface area contributed by atoms with Crippen molar-refractivity contribution in [1.29, 1.82) is 0 Å².